The number of carbonyl (C=O) groups is 1. The molecule has 1 aromatic heterocycles. The molecule has 0 spiro atoms. The van der Waals surface area contributed by atoms with E-state index in [1.54, 1.807) is 0 Å². The molecule has 2 aromatic rings. The number of fused-ring (bicyclic) bond motifs is 1. The topological polar surface area (TPSA) is 107 Å². The average Bonchev–Trinajstić information content (AvgIpc) is 2.63. The van der Waals surface area contributed by atoms with Gasteiger partial charge in [-0.05, 0) is 24.6 Å². The van der Waals surface area contributed by atoms with Gasteiger partial charge < -0.3 is 21.1 Å². The summed E-state index contributed by atoms with van der Waals surface area (Å²) in [7, 11) is 1.94. The summed E-state index contributed by atoms with van der Waals surface area (Å²) < 4.78 is 1.99. The van der Waals surface area contributed by atoms with Gasteiger partial charge in [-0.25, -0.2) is 4.98 Å². The lowest BCUT2D eigenvalue weighted by atomic mass is 9.98. The minimum absolute atomic E-state index is 0.152. The van der Waals surface area contributed by atoms with Gasteiger partial charge in [0.25, 0.3) is 0 Å². The van der Waals surface area contributed by atoms with Gasteiger partial charge in [-0.15, -0.1) is 0 Å². The first-order valence-corrected chi connectivity index (χ1v) is 6.06. The summed E-state index contributed by atoms with van der Waals surface area (Å²) in [4.78, 5) is 15.1. The van der Waals surface area contributed by atoms with Crippen LogP contribution in [-0.4, -0.2) is 26.7 Å². The van der Waals surface area contributed by atoms with Crippen molar-refractivity contribution < 1.29 is 9.90 Å². The number of rotatable bonds is 4. The van der Waals surface area contributed by atoms with Crippen molar-refractivity contribution in [2.75, 3.05) is 0 Å². The molecule has 1 heterocycles. The molecule has 0 radical (unpaired) electrons. The Bertz CT molecular complexity index is 620. The van der Waals surface area contributed by atoms with Crippen molar-refractivity contribution in [2.45, 2.75) is 25.4 Å². The van der Waals surface area contributed by atoms with Gasteiger partial charge in [-0.3, -0.25) is 4.79 Å². The van der Waals surface area contributed by atoms with Crippen molar-refractivity contribution in [1.82, 2.24) is 9.55 Å². The van der Waals surface area contributed by atoms with Crippen LogP contribution in [0.2, 0.25) is 0 Å². The van der Waals surface area contributed by atoms with Crippen LogP contribution in [0.15, 0.2) is 18.2 Å². The Kier molecular flexibility index (Phi) is 3.55. The number of imidazole rings is 1. The van der Waals surface area contributed by atoms with Crippen LogP contribution in [0, 0.1) is 6.92 Å². The van der Waals surface area contributed by atoms with Crippen molar-refractivity contribution in [3.63, 3.8) is 0 Å². The maximum atomic E-state index is 10.7. The highest BCUT2D eigenvalue weighted by atomic mass is 16.4. The van der Waals surface area contributed by atoms with Crippen LogP contribution in [0.4, 0.5) is 0 Å². The fraction of sp³-hybridized carbons (Fsp3) is 0.385. The van der Waals surface area contributed by atoms with E-state index in [-0.39, 0.29) is 6.42 Å². The van der Waals surface area contributed by atoms with E-state index in [2.05, 4.69) is 4.98 Å². The molecule has 1 aromatic carbocycles. The minimum Gasteiger partial charge on any atom is -0.481 e. The van der Waals surface area contributed by atoms with Gasteiger partial charge in [0.05, 0.1) is 17.5 Å². The lowest BCUT2D eigenvalue weighted by Crippen LogP contribution is -2.36. The number of carboxylic acid groups (broad SMARTS) is 1. The molecular formula is C13H18N4O2. The van der Waals surface area contributed by atoms with Crippen LogP contribution in [0.3, 0.4) is 0 Å². The number of hydrogen-bond acceptors (Lipinski definition) is 4. The van der Waals surface area contributed by atoms with Crippen molar-refractivity contribution >= 4 is 17.0 Å². The van der Waals surface area contributed by atoms with Crippen LogP contribution >= 0.6 is 0 Å². The molecule has 2 rings (SSSR count). The van der Waals surface area contributed by atoms with E-state index in [4.69, 9.17) is 16.6 Å². The van der Waals surface area contributed by atoms with Gasteiger partial charge in [0.1, 0.15) is 5.82 Å². The van der Waals surface area contributed by atoms with Crippen LogP contribution in [-0.2, 0) is 11.8 Å². The molecule has 6 nitrogen and oxygen atoms in total. The molecule has 0 aliphatic carbocycles. The number of aryl methyl sites for hydroxylation is 2. The van der Waals surface area contributed by atoms with E-state index in [0.29, 0.717) is 0 Å². The molecule has 0 aliphatic rings. The largest absolute Gasteiger partial charge is 0.481 e. The van der Waals surface area contributed by atoms with Crippen LogP contribution in [0.1, 0.15) is 23.9 Å². The maximum Gasteiger partial charge on any atom is 0.304 e. The summed E-state index contributed by atoms with van der Waals surface area (Å²) in [6.45, 7) is 1.93. The van der Waals surface area contributed by atoms with Gasteiger partial charge in [0.15, 0.2) is 0 Å². The zero-order chi connectivity index (χ0) is 14.2. The Morgan fingerprint density at radius 1 is 1.47 bits per heavy atom. The molecule has 102 valence electrons. The molecule has 5 N–H and O–H groups in total. The predicted octanol–water partition coefficient (Wildman–Crippen LogP) is 0.684. The first-order chi connectivity index (χ1) is 8.90. The number of nitrogens with zero attached hydrogens (tertiary/aromatic N) is 2. The van der Waals surface area contributed by atoms with Gasteiger partial charge >= 0.3 is 5.97 Å². The van der Waals surface area contributed by atoms with E-state index in [0.717, 1.165) is 22.4 Å². The minimum atomic E-state index is -0.947. The van der Waals surface area contributed by atoms with Crippen molar-refractivity contribution in [1.29, 1.82) is 0 Å². The van der Waals surface area contributed by atoms with Gasteiger partial charge in [-0.1, -0.05) is 6.07 Å². The number of aliphatic carboxylic acids is 1. The van der Waals surface area contributed by atoms with E-state index < -0.39 is 18.1 Å². The summed E-state index contributed by atoms with van der Waals surface area (Å²) >= 11 is 0. The molecule has 2 unspecified atom stereocenters. The van der Waals surface area contributed by atoms with Gasteiger partial charge in [0.2, 0.25) is 0 Å². The van der Waals surface area contributed by atoms with E-state index in [1.807, 2.05) is 36.7 Å². The average molecular weight is 262 g/mol. The molecule has 0 fully saturated rings. The monoisotopic (exact) mass is 262 g/mol. The number of hydrogen-bond donors (Lipinski definition) is 3. The highest BCUT2D eigenvalue weighted by molar-refractivity contribution is 5.77. The van der Waals surface area contributed by atoms with E-state index in [1.165, 1.54) is 0 Å². The summed E-state index contributed by atoms with van der Waals surface area (Å²) in [5.41, 5.74) is 14.5. The number of nitrogens with two attached hydrogens (primary N) is 2. The summed E-state index contributed by atoms with van der Waals surface area (Å²) in [5.74, 6) is -0.0340. The number of aromatic nitrogens is 2. The molecule has 0 aliphatic heterocycles. The summed E-state index contributed by atoms with van der Waals surface area (Å²) in [6, 6.07) is 4.55. The second-order valence-electron chi connectivity index (χ2n) is 4.75. The molecule has 6 heteroatoms. The molecule has 2 atom stereocenters. The van der Waals surface area contributed by atoms with Crippen LogP contribution in [0.25, 0.3) is 11.0 Å². The molecule has 0 saturated carbocycles. The quantitative estimate of drug-likeness (QED) is 0.751. The standard InChI is InChI=1S/C13H18N4O2/c1-7-16-10-5-8(3-4-11(10)17(7)2)13(15)9(14)6-12(18)19/h3-5,9,13H,6,14-15H2,1-2H3,(H,18,19). The predicted molar refractivity (Wildman–Crippen MR) is 72.6 cm³/mol. The third-order valence-electron chi connectivity index (χ3n) is 3.38. The lowest BCUT2D eigenvalue weighted by molar-refractivity contribution is -0.137. The molecule has 0 bridgehead atoms. The Morgan fingerprint density at radius 3 is 2.79 bits per heavy atom. The second-order valence-corrected chi connectivity index (χ2v) is 4.75. The maximum absolute atomic E-state index is 10.7. The normalized spacial score (nSPS) is 14.5. The van der Waals surface area contributed by atoms with E-state index in [9.17, 15) is 4.79 Å². The fourth-order valence-corrected chi connectivity index (χ4v) is 2.12. The summed E-state index contributed by atoms with van der Waals surface area (Å²) in [6.07, 6.45) is -0.152. The van der Waals surface area contributed by atoms with Crippen LogP contribution < -0.4 is 11.5 Å². The first kappa shape index (κ1) is 13.5. The Morgan fingerprint density at radius 2 is 2.16 bits per heavy atom. The fourth-order valence-electron chi connectivity index (χ4n) is 2.12. The number of benzene rings is 1. The number of carboxylic acids is 1. The Balaban J connectivity index is 2.32. The molecule has 0 saturated heterocycles. The third-order valence-corrected chi connectivity index (χ3v) is 3.38. The molecule has 0 amide bonds. The lowest BCUT2D eigenvalue weighted by Gasteiger charge is -2.18. The van der Waals surface area contributed by atoms with E-state index >= 15 is 0 Å². The summed E-state index contributed by atoms with van der Waals surface area (Å²) in [5, 5.41) is 8.74. The Labute approximate surface area is 111 Å². The second kappa shape index (κ2) is 4.99. The highest BCUT2D eigenvalue weighted by Crippen LogP contribution is 2.21. The van der Waals surface area contributed by atoms with Crippen molar-refractivity contribution in [2.24, 2.45) is 18.5 Å². The SMILES string of the molecule is Cc1nc2cc(C(N)C(N)CC(=O)O)ccc2n1C. The van der Waals surface area contributed by atoms with Gasteiger partial charge in [0, 0.05) is 19.1 Å². The zero-order valence-electron chi connectivity index (χ0n) is 11.0. The van der Waals surface area contributed by atoms with Crippen molar-refractivity contribution in [3.8, 4) is 0 Å². The Hall–Kier alpha value is -1.92. The smallest absolute Gasteiger partial charge is 0.304 e. The highest BCUT2D eigenvalue weighted by Gasteiger charge is 2.19. The molecular weight excluding hydrogens is 244 g/mol. The van der Waals surface area contributed by atoms with Crippen LogP contribution in [0.5, 0.6) is 0 Å². The third kappa shape index (κ3) is 2.59. The van der Waals surface area contributed by atoms with Gasteiger partial charge in [-0.2, -0.15) is 0 Å². The zero-order valence-corrected chi connectivity index (χ0v) is 11.0. The van der Waals surface area contributed by atoms with Crippen molar-refractivity contribution in [3.05, 3.63) is 29.6 Å². The molecule has 19 heavy (non-hydrogen) atoms. The first-order valence-electron chi connectivity index (χ1n) is 6.06.